The van der Waals surface area contributed by atoms with Crippen LogP contribution in [0.4, 0.5) is 8.78 Å². The van der Waals surface area contributed by atoms with Crippen LogP contribution in [-0.2, 0) is 6.42 Å². The summed E-state index contributed by atoms with van der Waals surface area (Å²) in [7, 11) is 1.31. The Morgan fingerprint density at radius 1 is 1.14 bits per heavy atom. The molecule has 0 saturated carbocycles. The molecule has 3 aromatic rings. The van der Waals surface area contributed by atoms with Crippen molar-refractivity contribution in [2.75, 3.05) is 7.11 Å². The van der Waals surface area contributed by atoms with E-state index in [-0.39, 0.29) is 39.3 Å². The van der Waals surface area contributed by atoms with E-state index in [2.05, 4.69) is 0 Å². The van der Waals surface area contributed by atoms with Crippen molar-refractivity contribution in [3.8, 4) is 22.6 Å². The molecule has 6 heteroatoms. The number of carbonyl (C=O) groups is 1. The molecule has 0 aliphatic carbocycles. The molecule has 0 amide bonds. The van der Waals surface area contributed by atoms with Gasteiger partial charge in [0.2, 0.25) is 0 Å². The van der Waals surface area contributed by atoms with Crippen molar-refractivity contribution in [3.05, 3.63) is 81.9 Å². The minimum Gasteiger partial charge on any atom is -0.494 e. The molecule has 1 aliphatic heterocycles. The second-order valence-corrected chi connectivity index (χ2v) is 6.79. The first-order chi connectivity index (χ1) is 13.5. The van der Waals surface area contributed by atoms with Crippen LogP contribution in [0.2, 0.25) is 5.02 Å². The zero-order valence-electron chi connectivity index (χ0n) is 14.8. The number of aldehydes is 1. The molecule has 3 nitrogen and oxygen atoms in total. The summed E-state index contributed by atoms with van der Waals surface area (Å²) in [5, 5.41) is -0.258. The zero-order chi connectivity index (χ0) is 19.8. The average Bonchev–Trinajstić information content (AvgIpc) is 3.13. The van der Waals surface area contributed by atoms with Crippen LogP contribution in [0.3, 0.4) is 0 Å². The first kappa shape index (κ1) is 18.4. The molecule has 0 saturated heterocycles. The summed E-state index contributed by atoms with van der Waals surface area (Å²) in [4.78, 5) is 11.6. The van der Waals surface area contributed by atoms with Crippen LogP contribution in [0.5, 0.6) is 11.5 Å². The van der Waals surface area contributed by atoms with Gasteiger partial charge in [-0.25, -0.2) is 8.78 Å². The third kappa shape index (κ3) is 2.92. The summed E-state index contributed by atoms with van der Waals surface area (Å²) in [5.41, 5.74) is 1.54. The number of benzene rings is 3. The maximum Gasteiger partial charge on any atom is 0.173 e. The molecule has 0 radical (unpaired) electrons. The number of hydrogen-bond donors (Lipinski definition) is 0. The first-order valence-electron chi connectivity index (χ1n) is 8.59. The van der Waals surface area contributed by atoms with Crippen molar-refractivity contribution in [3.63, 3.8) is 0 Å². The molecule has 0 aromatic heterocycles. The lowest BCUT2D eigenvalue weighted by Crippen LogP contribution is -2.03. The lowest BCUT2D eigenvalue weighted by molar-refractivity contribution is 0.112. The number of methoxy groups -OCH3 is 1. The van der Waals surface area contributed by atoms with Gasteiger partial charge in [-0.1, -0.05) is 41.9 Å². The summed E-state index contributed by atoms with van der Waals surface area (Å²) < 4.78 is 40.6. The molecule has 4 rings (SSSR count). The third-order valence-electron chi connectivity index (χ3n) is 4.85. The molecule has 0 spiro atoms. The molecule has 0 fully saturated rings. The summed E-state index contributed by atoms with van der Waals surface area (Å²) in [6, 6.07) is 13.4. The smallest absolute Gasteiger partial charge is 0.173 e. The van der Waals surface area contributed by atoms with Gasteiger partial charge >= 0.3 is 0 Å². The van der Waals surface area contributed by atoms with E-state index >= 15 is 4.39 Å². The molecule has 142 valence electrons. The predicted octanol–water partition coefficient (Wildman–Crippen LogP) is 5.78. The molecule has 28 heavy (non-hydrogen) atoms. The highest BCUT2D eigenvalue weighted by atomic mass is 35.5. The van der Waals surface area contributed by atoms with Gasteiger partial charge in [0, 0.05) is 34.7 Å². The number of fused-ring (bicyclic) bond motifs is 1. The maximum absolute atomic E-state index is 15.1. The Balaban J connectivity index is 1.94. The van der Waals surface area contributed by atoms with Crippen LogP contribution in [0.15, 0.2) is 48.5 Å². The van der Waals surface area contributed by atoms with Gasteiger partial charge in [-0.05, 0) is 17.7 Å². The summed E-state index contributed by atoms with van der Waals surface area (Å²) in [6.45, 7) is 0. The van der Waals surface area contributed by atoms with E-state index < -0.39 is 11.6 Å². The number of carbonyl (C=O) groups excluding carboxylic acids is 1. The van der Waals surface area contributed by atoms with Gasteiger partial charge in [0.25, 0.3) is 0 Å². The molecule has 0 N–H and O–H groups in total. The minimum atomic E-state index is -0.773. The lowest BCUT2D eigenvalue weighted by atomic mass is 9.91. The Hall–Kier alpha value is -2.92. The molecule has 1 atom stereocenters. The summed E-state index contributed by atoms with van der Waals surface area (Å²) in [6.07, 6.45) is 0.515. The predicted molar refractivity (Wildman–Crippen MR) is 102 cm³/mol. The average molecular weight is 401 g/mol. The zero-order valence-corrected chi connectivity index (χ0v) is 15.6. The number of hydrogen-bond acceptors (Lipinski definition) is 3. The Labute approximate surface area is 165 Å². The molecular formula is C22H15ClF2O3. The fourth-order valence-electron chi connectivity index (χ4n) is 3.52. The van der Waals surface area contributed by atoms with Gasteiger partial charge < -0.3 is 9.47 Å². The van der Waals surface area contributed by atoms with Crippen molar-refractivity contribution >= 4 is 17.9 Å². The normalized spacial score (nSPS) is 15.1. The SMILES string of the molecule is COc1ccc(C=O)c(-c2c(Cl)c(F)cc3c2CC(c2ccccc2)O3)c1F. The van der Waals surface area contributed by atoms with Crippen molar-refractivity contribution < 1.29 is 23.0 Å². The maximum atomic E-state index is 15.1. The van der Waals surface area contributed by atoms with Gasteiger partial charge in [-0.15, -0.1) is 0 Å². The van der Waals surface area contributed by atoms with E-state index in [1.807, 2.05) is 30.3 Å². The largest absolute Gasteiger partial charge is 0.494 e. The molecular weight excluding hydrogens is 386 g/mol. The topological polar surface area (TPSA) is 35.5 Å². The monoisotopic (exact) mass is 400 g/mol. The summed E-state index contributed by atoms with van der Waals surface area (Å²) in [5.74, 6) is -1.30. The molecule has 1 unspecified atom stereocenters. The van der Waals surface area contributed by atoms with Gasteiger partial charge in [-0.2, -0.15) is 0 Å². The van der Waals surface area contributed by atoms with Gasteiger partial charge in [0.15, 0.2) is 17.9 Å². The first-order valence-corrected chi connectivity index (χ1v) is 8.97. The van der Waals surface area contributed by atoms with Gasteiger partial charge in [0.1, 0.15) is 17.7 Å². The van der Waals surface area contributed by atoms with E-state index in [0.29, 0.717) is 18.3 Å². The molecule has 1 heterocycles. The van der Waals surface area contributed by atoms with Crippen LogP contribution in [0, 0.1) is 11.6 Å². The Kier molecular flexibility index (Phi) is 4.77. The van der Waals surface area contributed by atoms with Crippen LogP contribution < -0.4 is 9.47 Å². The quantitative estimate of drug-likeness (QED) is 0.520. The highest BCUT2D eigenvalue weighted by Crippen LogP contribution is 2.48. The second kappa shape index (κ2) is 7.24. The van der Waals surface area contributed by atoms with E-state index in [4.69, 9.17) is 21.1 Å². The second-order valence-electron chi connectivity index (χ2n) is 6.41. The fraction of sp³-hybridized carbons (Fsp3) is 0.136. The lowest BCUT2D eigenvalue weighted by Gasteiger charge is -2.15. The number of rotatable bonds is 4. The Morgan fingerprint density at radius 3 is 2.57 bits per heavy atom. The Bertz CT molecular complexity index is 1070. The van der Waals surface area contributed by atoms with Crippen molar-refractivity contribution in [2.45, 2.75) is 12.5 Å². The van der Waals surface area contributed by atoms with Crippen LogP contribution >= 0.6 is 11.6 Å². The molecule has 1 aliphatic rings. The van der Waals surface area contributed by atoms with E-state index in [9.17, 15) is 9.18 Å². The highest BCUT2D eigenvalue weighted by Gasteiger charge is 2.32. The van der Waals surface area contributed by atoms with Gasteiger partial charge in [0.05, 0.1) is 12.1 Å². The van der Waals surface area contributed by atoms with Crippen LogP contribution in [0.25, 0.3) is 11.1 Å². The number of ether oxygens (including phenoxy) is 2. The van der Waals surface area contributed by atoms with Crippen LogP contribution in [0.1, 0.15) is 27.6 Å². The molecule has 0 bridgehead atoms. The van der Waals surface area contributed by atoms with Crippen molar-refractivity contribution in [1.29, 1.82) is 0 Å². The Morgan fingerprint density at radius 2 is 1.89 bits per heavy atom. The standard InChI is InChI=1S/C22H15ClF2O3/c1-27-16-8-7-13(11-26)19(22(16)25)20-14-9-17(12-5-3-2-4-6-12)28-18(14)10-15(24)21(20)23/h2-8,10-11,17H,9H2,1H3. The van der Waals surface area contributed by atoms with Crippen LogP contribution in [-0.4, -0.2) is 13.4 Å². The fourth-order valence-corrected chi connectivity index (χ4v) is 3.79. The van der Waals surface area contributed by atoms with E-state index in [1.165, 1.54) is 25.3 Å². The number of halogens is 3. The van der Waals surface area contributed by atoms with Gasteiger partial charge in [-0.3, -0.25) is 4.79 Å². The third-order valence-corrected chi connectivity index (χ3v) is 5.22. The van der Waals surface area contributed by atoms with E-state index in [0.717, 1.165) is 5.56 Å². The highest BCUT2D eigenvalue weighted by molar-refractivity contribution is 6.34. The van der Waals surface area contributed by atoms with Crippen molar-refractivity contribution in [2.24, 2.45) is 0 Å². The van der Waals surface area contributed by atoms with Crippen molar-refractivity contribution in [1.82, 2.24) is 0 Å². The van der Waals surface area contributed by atoms with E-state index in [1.54, 1.807) is 0 Å². The minimum absolute atomic E-state index is 0.0520. The summed E-state index contributed by atoms with van der Waals surface area (Å²) >= 11 is 6.25. The molecule has 3 aromatic carbocycles.